The molecule has 1 aromatic carbocycles. The molecule has 0 amide bonds. The molecule has 1 rings (SSSR count). The van der Waals surface area contributed by atoms with Gasteiger partial charge in [0, 0.05) is 5.54 Å². The summed E-state index contributed by atoms with van der Waals surface area (Å²) >= 11 is 3.56. The molecule has 0 aliphatic heterocycles. The highest BCUT2D eigenvalue weighted by Crippen LogP contribution is 2.32. The van der Waals surface area contributed by atoms with Gasteiger partial charge < -0.3 is 10.5 Å². The molecule has 0 saturated carbocycles. The predicted octanol–water partition coefficient (Wildman–Crippen LogP) is 3.05. The first kappa shape index (κ1) is 12.5. The molecule has 0 aliphatic rings. The van der Waals surface area contributed by atoms with E-state index in [0.717, 1.165) is 16.6 Å². The van der Waals surface area contributed by atoms with E-state index >= 15 is 0 Å². The lowest BCUT2D eigenvalue weighted by molar-refractivity contribution is 0.410. The lowest BCUT2D eigenvalue weighted by atomic mass is 9.93. The van der Waals surface area contributed by atoms with Gasteiger partial charge in [0.25, 0.3) is 0 Å². The van der Waals surface area contributed by atoms with Gasteiger partial charge in [-0.05, 0) is 60.3 Å². The lowest BCUT2D eigenvalue weighted by Crippen LogP contribution is -2.34. The molecule has 2 nitrogen and oxygen atoms in total. The Morgan fingerprint density at radius 2 is 2.00 bits per heavy atom. The smallest absolute Gasteiger partial charge is 0.133 e. The molecule has 0 saturated heterocycles. The minimum absolute atomic E-state index is 0.209. The second-order valence-electron chi connectivity index (χ2n) is 4.54. The van der Waals surface area contributed by atoms with Gasteiger partial charge in [0.2, 0.25) is 0 Å². The number of benzene rings is 1. The summed E-state index contributed by atoms with van der Waals surface area (Å²) in [6, 6.07) is 4.02. The van der Waals surface area contributed by atoms with Crippen LogP contribution in [0.2, 0.25) is 0 Å². The van der Waals surface area contributed by atoms with Crippen molar-refractivity contribution in [2.24, 2.45) is 5.73 Å². The van der Waals surface area contributed by atoms with Crippen LogP contribution >= 0.6 is 15.9 Å². The Hall–Kier alpha value is -0.540. The zero-order valence-corrected chi connectivity index (χ0v) is 11.3. The average Bonchev–Trinajstić information content (AvgIpc) is 2.11. The summed E-state index contributed by atoms with van der Waals surface area (Å²) in [6.45, 7) is 6.14. The molecule has 0 fully saturated rings. The Morgan fingerprint density at radius 1 is 1.40 bits per heavy atom. The average molecular weight is 272 g/mol. The second kappa shape index (κ2) is 4.54. The summed E-state index contributed by atoms with van der Waals surface area (Å²) in [5.41, 5.74) is 8.29. The maximum atomic E-state index is 6.04. The van der Waals surface area contributed by atoms with E-state index in [1.807, 2.05) is 19.9 Å². The summed E-state index contributed by atoms with van der Waals surface area (Å²) in [6.07, 6.45) is 0.830. The standard InChI is InChI=1S/C12H18BrNO/c1-8-5-6-10(15-4)11(13)9(8)7-12(2,3)14/h5-6H,7,14H2,1-4H3. The molecule has 0 spiro atoms. The molecule has 15 heavy (non-hydrogen) atoms. The minimum Gasteiger partial charge on any atom is -0.496 e. The fraction of sp³-hybridized carbons (Fsp3) is 0.500. The van der Waals surface area contributed by atoms with Crippen molar-refractivity contribution < 1.29 is 4.74 Å². The molecule has 84 valence electrons. The molecule has 3 heteroatoms. The van der Waals surface area contributed by atoms with Gasteiger partial charge in [-0.1, -0.05) is 6.07 Å². The predicted molar refractivity (Wildman–Crippen MR) is 67.4 cm³/mol. The van der Waals surface area contributed by atoms with Crippen LogP contribution in [0.25, 0.3) is 0 Å². The zero-order chi connectivity index (χ0) is 11.6. The van der Waals surface area contributed by atoms with Gasteiger partial charge in [0.15, 0.2) is 0 Å². The van der Waals surface area contributed by atoms with Crippen molar-refractivity contribution in [3.05, 3.63) is 27.7 Å². The monoisotopic (exact) mass is 271 g/mol. The van der Waals surface area contributed by atoms with E-state index in [1.165, 1.54) is 11.1 Å². The minimum atomic E-state index is -0.209. The van der Waals surface area contributed by atoms with E-state index < -0.39 is 0 Å². The first-order chi connectivity index (χ1) is 6.85. The number of rotatable bonds is 3. The highest BCUT2D eigenvalue weighted by molar-refractivity contribution is 9.10. The number of nitrogens with two attached hydrogens (primary N) is 1. The summed E-state index contributed by atoms with van der Waals surface area (Å²) in [5.74, 6) is 0.861. The number of hydrogen-bond acceptors (Lipinski definition) is 2. The number of methoxy groups -OCH3 is 1. The fourth-order valence-corrected chi connectivity index (χ4v) is 2.27. The fourth-order valence-electron chi connectivity index (χ4n) is 1.53. The maximum Gasteiger partial charge on any atom is 0.133 e. The SMILES string of the molecule is COc1ccc(C)c(CC(C)(C)N)c1Br. The maximum absolute atomic E-state index is 6.04. The van der Waals surface area contributed by atoms with Crippen molar-refractivity contribution in [3.8, 4) is 5.75 Å². The normalized spacial score (nSPS) is 11.6. The number of ether oxygens (including phenoxy) is 1. The molecule has 0 atom stereocenters. The molecule has 2 N–H and O–H groups in total. The van der Waals surface area contributed by atoms with Gasteiger partial charge in [-0.3, -0.25) is 0 Å². The van der Waals surface area contributed by atoms with Crippen LogP contribution in [0, 0.1) is 6.92 Å². The van der Waals surface area contributed by atoms with E-state index in [0.29, 0.717) is 0 Å². The van der Waals surface area contributed by atoms with Crippen LogP contribution in [0.4, 0.5) is 0 Å². The van der Waals surface area contributed by atoms with Crippen LogP contribution in [0.15, 0.2) is 16.6 Å². The van der Waals surface area contributed by atoms with Crippen LogP contribution in [-0.2, 0) is 6.42 Å². The van der Waals surface area contributed by atoms with Crippen molar-refractivity contribution >= 4 is 15.9 Å². The molecular weight excluding hydrogens is 254 g/mol. The highest BCUT2D eigenvalue weighted by atomic mass is 79.9. The van der Waals surface area contributed by atoms with E-state index in [2.05, 4.69) is 28.9 Å². The van der Waals surface area contributed by atoms with Crippen molar-refractivity contribution in [1.82, 2.24) is 0 Å². The third-order valence-corrected chi connectivity index (χ3v) is 3.16. The van der Waals surface area contributed by atoms with Crippen LogP contribution in [0.5, 0.6) is 5.75 Å². The van der Waals surface area contributed by atoms with Gasteiger partial charge in [-0.2, -0.15) is 0 Å². The number of hydrogen-bond donors (Lipinski definition) is 1. The van der Waals surface area contributed by atoms with Crippen LogP contribution < -0.4 is 10.5 Å². The Bertz CT molecular complexity index is 355. The van der Waals surface area contributed by atoms with Crippen molar-refractivity contribution in [1.29, 1.82) is 0 Å². The van der Waals surface area contributed by atoms with Crippen molar-refractivity contribution in [2.75, 3.05) is 7.11 Å². The van der Waals surface area contributed by atoms with Crippen LogP contribution in [0.3, 0.4) is 0 Å². The molecule has 0 radical (unpaired) electrons. The topological polar surface area (TPSA) is 35.2 Å². The zero-order valence-electron chi connectivity index (χ0n) is 9.73. The molecule has 0 unspecified atom stereocenters. The second-order valence-corrected chi connectivity index (χ2v) is 5.34. The lowest BCUT2D eigenvalue weighted by Gasteiger charge is -2.21. The van der Waals surface area contributed by atoms with E-state index in [4.69, 9.17) is 10.5 Å². The number of aryl methyl sites for hydroxylation is 1. The summed E-state index contributed by atoms with van der Waals surface area (Å²) in [5, 5.41) is 0. The Morgan fingerprint density at radius 3 is 2.47 bits per heavy atom. The van der Waals surface area contributed by atoms with Gasteiger partial charge >= 0.3 is 0 Å². The van der Waals surface area contributed by atoms with E-state index in [-0.39, 0.29) is 5.54 Å². The molecule has 1 aromatic rings. The van der Waals surface area contributed by atoms with Crippen LogP contribution in [0.1, 0.15) is 25.0 Å². The quantitative estimate of drug-likeness (QED) is 0.917. The Labute approximate surface area is 99.9 Å². The van der Waals surface area contributed by atoms with Gasteiger partial charge in [-0.15, -0.1) is 0 Å². The largest absolute Gasteiger partial charge is 0.496 e. The molecule has 0 heterocycles. The third-order valence-electron chi connectivity index (χ3n) is 2.29. The Balaban J connectivity index is 3.15. The number of halogens is 1. The Kier molecular flexibility index (Phi) is 3.79. The summed E-state index contributed by atoms with van der Waals surface area (Å²) in [4.78, 5) is 0. The summed E-state index contributed by atoms with van der Waals surface area (Å²) in [7, 11) is 1.67. The van der Waals surface area contributed by atoms with Gasteiger partial charge in [0.05, 0.1) is 11.6 Å². The van der Waals surface area contributed by atoms with Crippen molar-refractivity contribution in [2.45, 2.75) is 32.7 Å². The van der Waals surface area contributed by atoms with E-state index in [9.17, 15) is 0 Å². The molecule has 0 bridgehead atoms. The summed E-state index contributed by atoms with van der Waals surface area (Å²) < 4.78 is 6.28. The van der Waals surface area contributed by atoms with Gasteiger partial charge in [-0.25, -0.2) is 0 Å². The van der Waals surface area contributed by atoms with Gasteiger partial charge in [0.1, 0.15) is 5.75 Å². The molecule has 0 aromatic heterocycles. The first-order valence-corrected chi connectivity index (χ1v) is 5.75. The molecular formula is C12H18BrNO. The first-order valence-electron chi connectivity index (χ1n) is 4.96. The molecule has 0 aliphatic carbocycles. The van der Waals surface area contributed by atoms with Crippen molar-refractivity contribution in [3.63, 3.8) is 0 Å². The van der Waals surface area contributed by atoms with Crippen LogP contribution in [-0.4, -0.2) is 12.6 Å². The highest BCUT2D eigenvalue weighted by Gasteiger charge is 2.17. The van der Waals surface area contributed by atoms with E-state index in [1.54, 1.807) is 7.11 Å². The third kappa shape index (κ3) is 3.21.